The Labute approximate surface area is 199 Å². The maximum atomic E-state index is 13.7. The van der Waals surface area contributed by atoms with Crippen LogP contribution in [0.25, 0.3) is 0 Å². The summed E-state index contributed by atoms with van der Waals surface area (Å²) in [5.74, 6) is -0.632. The van der Waals surface area contributed by atoms with Gasteiger partial charge in [-0.3, -0.25) is 14.4 Å². The normalized spacial score (nSPS) is 21.7. The van der Waals surface area contributed by atoms with Gasteiger partial charge < -0.3 is 9.64 Å². The number of amides is 2. The van der Waals surface area contributed by atoms with Crippen molar-refractivity contribution in [2.75, 3.05) is 36.1 Å². The molecule has 34 heavy (non-hydrogen) atoms. The second kappa shape index (κ2) is 8.50. The van der Waals surface area contributed by atoms with Crippen LogP contribution >= 0.6 is 0 Å². The summed E-state index contributed by atoms with van der Waals surface area (Å²) in [5, 5.41) is 1.75. The standard InChI is InChI=1S/C27H27N3O4/c1-17-7-5-6-8-22(17)30-24(18-9-11-19(12-10-18)28(2)3)23-25(34-30)27(32)29(26(23)31)20-13-15-21(33-4)16-14-20/h5-16,23-25H,1-4H3. The number of carbonyl (C=O) groups excluding carboxylic acids is 2. The van der Waals surface area contributed by atoms with E-state index >= 15 is 0 Å². The number of imide groups is 1. The lowest BCUT2D eigenvalue weighted by molar-refractivity contribution is -0.126. The van der Waals surface area contributed by atoms with Gasteiger partial charge in [-0.25, -0.2) is 9.96 Å². The van der Waals surface area contributed by atoms with E-state index in [0.29, 0.717) is 11.4 Å². The number of methoxy groups -OCH3 is 1. The molecule has 2 fully saturated rings. The molecule has 0 N–H and O–H groups in total. The molecular weight excluding hydrogens is 430 g/mol. The first kappa shape index (κ1) is 22.0. The fourth-order valence-electron chi connectivity index (χ4n) is 4.73. The van der Waals surface area contributed by atoms with E-state index in [4.69, 9.17) is 9.57 Å². The van der Waals surface area contributed by atoms with Gasteiger partial charge >= 0.3 is 0 Å². The van der Waals surface area contributed by atoms with E-state index in [9.17, 15) is 9.59 Å². The minimum Gasteiger partial charge on any atom is -0.497 e. The summed E-state index contributed by atoms with van der Waals surface area (Å²) < 4.78 is 5.21. The fraction of sp³-hybridized carbons (Fsp3) is 0.259. The molecule has 3 unspecified atom stereocenters. The van der Waals surface area contributed by atoms with E-state index in [-0.39, 0.29) is 11.8 Å². The zero-order chi connectivity index (χ0) is 24.0. The highest BCUT2D eigenvalue weighted by Gasteiger charge is 2.60. The number of rotatable bonds is 5. The fourth-order valence-corrected chi connectivity index (χ4v) is 4.73. The van der Waals surface area contributed by atoms with Crippen LogP contribution in [0, 0.1) is 12.8 Å². The molecule has 5 rings (SSSR count). The Balaban J connectivity index is 1.57. The van der Waals surface area contributed by atoms with Crippen molar-refractivity contribution in [2.24, 2.45) is 5.92 Å². The molecule has 3 aromatic rings. The van der Waals surface area contributed by atoms with Crippen LogP contribution in [0.4, 0.5) is 17.1 Å². The molecule has 0 radical (unpaired) electrons. The van der Waals surface area contributed by atoms with Gasteiger partial charge in [0.25, 0.3) is 5.91 Å². The lowest BCUT2D eigenvalue weighted by Crippen LogP contribution is -2.37. The van der Waals surface area contributed by atoms with E-state index in [1.165, 1.54) is 4.90 Å². The number of hydroxylamine groups is 1. The third-order valence-corrected chi connectivity index (χ3v) is 6.55. The maximum Gasteiger partial charge on any atom is 0.266 e. The van der Waals surface area contributed by atoms with E-state index in [1.807, 2.05) is 74.4 Å². The molecule has 0 saturated carbocycles. The molecule has 2 heterocycles. The Kier molecular flexibility index (Phi) is 5.49. The molecule has 0 aromatic heterocycles. The minimum atomic E-state index is -0.896. The molecule has 7 heteroatoms. The highest BCUT2D eigenvalue weighted by atomic mass is 16.7. The number of hydrogen-bond acceptors (Lipinski definition) is 6. The number of anilines is 3. The summed E-state index contributed by atoms with van der Waals surface area (Å²) in [6.07, 6.45) is -0.896. The quantitative estimate of drug-likeness (QED) is 0.537. The SMILES string of the molecule is COc1ccc(N2C(=O)C3ON(c4ccccc4C)C(c4ccc(N(C)C)cc4)C3C2=O)cc1. The summed E-state index contributed by atoms with van der Waals surface area (Å²) in [4.78, 5) is 36.7. The predicted molar refractivity (Wildman–Crippen MR) is 131 cm³/mol. The molecule has 2 amide bonds. The van der Waals surface area contributed by atoms with Crippen LogP contribution in [0.3, 0.4) is 0 Å². The zero-order valence-corrected chi connectivity index (χ0v) is 19.6. The summed E-state index contributed by atoms with van der Waals surface area (Å²) in [6, 6.07) is 22.3. The van der Waals surface area contributed by atoms with Gasteiger partial charge in [0, 0.05) is 19.8 Å². The van der Waals surface area contributed by atoms with Gasteiger partial charge in [0.1, 0.15) is 11.7 Å². The van der Waals surface area contributed by atoms with Crippen LogP contribution in [0.2, 0.25) is 0 Å². The number of para-hydroxylation sites is 1. The van der Waals surface area contributed by atoms with Gasteiger partial charge in [-0.2, -0.15) is 0 Å². The molecule has 2 aliphatic heterocycles. The minimum absolute atomic E-state index is 0.266. The van der Waals surface area contributed by atoms with Crippen molar-refractivity contribution in [1.82, 2.24) is 0 Å². The van der Waals surface area contributed by atoms with Crippen LogP contribution in [-0.2, 0) is 14.4 Å². The molecule has 7 nitrogen and oxygen atoms in total. The van der Waals surface area contributed by atoms with Crippen LogP contribution in [0.5, 0.6) is 5.75 Å². The Bertz CT molecular complexity index is 1220. The second-order valence-electron chi connectivity index (χ2n) is 8.80. The van der Waals surface area contributed by atoms with E-state index in [1.54, 1.807) is 36.4 Å². The summed E-state index contributed by atoms with van der Waals surface area (Å²) in [5.41, 5.74) is 4.33. The third kappa shape index (κ3) is 3.49. The van der Waals surface area contributed by atoms with Crippen molar-refractivity contribution in [2.45, 2.75) is 19.1 Å². The topological polar surface area (TPSA) is 62.3 Å². The number of fused-ring (bicyclic) bond motifs is 1. The molecule has 3 aromatic carbocycles. The lowest BCUT2D eigenvalue weighted by atomic mass is 9.90. The van der Waals surface area contributed by atoms with E-state index < -0.39 is 18.1 Å². The number of benzene rings is 3. The largest absolute Gasteiger partial charge is 0.497 e. The van der Waals surface area contributed by atoms with Crippen molar-refractivity contribution in [3.05, 3.63) is 83.9 Å². The van der Waals surface area contributed by atoms with Crippen molar-refractivity contribution in [3.63, 3.8) is 0 Å². The molecule has 0 aliphatic carbocycles. The maximum absolute atomic E-state index is 13.7. The Morgan fingerprint density at radius 3 is 2.18 bits per heavy atom. The highest BCUT2D eigenvalue weighted by Crippen LogP contribution is 2.48. The van der Waals surface area contributed by atoms with Crippen molar-refractivity contribution in [1.29, 1.82) is 0 Å². The molecule has 2 saturated heterocycles. The molecule has 0 spiro atoms. The monoisotopic (exact) mass is 457 g/mol. The first-order valence-corrected chi connectivity index (χ1v) is 11.2. The third-order valence-electron chi connectivity index (χ3n) is 6.55. The van der Waals surface area contributed by atoms with Crippen LogP contribution < -0.4 is 19.6 Å². The van der Waals surface area contributed by atoms with Gasteiger partial charge in [-0.1, -0.05) is 30.3 Å². The van der Waals surface area contributed by atoms with Crippen LogP contribution in [0.1, 0.15) is 17.2 Å². The summed E-state index contributed by atoms with van der Waals surface area (Å²) in [7, 11) is 5.54. The highest BCUT2D eigenvalue weighted by molar-refractivity contribution is 6.24. The lowest BCUT2D eigenvalue weighted by Gasteiger charge is -2.30. The first-order chi connectivity index (χ1) is 16.4. The first-order valence-electron chi connectivity index (χ1n) is 11.2. The van der Waals surface area contributed by atoms with Gasteiger partial charge in [0.15, 0.2) is 6.10 Å². The molecule has 2 aliphatic rings. The molecule has 174 valence electrons. The second-order valence-corrected chi connectivity index (χ2v) is 8.80. The van der Waals surface area contributed by atoms with E-state index in [2.05, 4.69) is 0 Å². The van der Waals surface area contributed by atoms with E-state index in [0.717, 1.165) is 22.5 Å². The predicted octanol–water partition coefficient (Wildman–Crippen LogP) is 4.12. The zero-order valence-electron chi connectivity index (χ0n) is 19.6. The van der Waals surface area contributed by atoms with Gasteiger partial charge in [-0.15, -0.1) is 0 Å². The number of hydrogen-bond donors (Lipinski definition) is 0. The smallest absolute Gasteiger partial charge is 0.266 e. The summed E-state index contributed by atoms with van der Waals surface area (Å²) in [6.45, 7) is 1.99. The number of carbonyl (C=O) groups is 2. The van der Waals surface area contributed by atoms with Crippen molar-refractivity contribution < 1.29 is 19.2 Å². The number of aryl methyl sites for hydroxylation is 1. The Hall–Kier alpha value is -3.84. The van der Waals surface area contributed by atoms with Crippen molar-refractivity contribution >= 4 is 28.9 Å². The van der Waals surface area contributed by atoms with Crippen LogP contribution in [0.15, 0.2) is 72.8 Å². The van der Waals surface area contributed by atoms with Crippen LogP contribution in [-0.4, -0.2) is 39.1 Å². The Morgan fingerprint density at radius 1 is 0.882 bits per heavy atom. The average molecular weight is 458 g/mol. The Morgan fingerprint density at radius 2 is 1.56 bits per heavy atom. The summed E-state index contributed by atoms with van der Waals surface area (Å²) >= 11 is 0. The molecular formula is C27H27N3O4. The number of nitrogens with zero attached hydrogens (tertiary/aromatic N) is 3. The number of ether oxygens (including phenoxy) is 1. The van der Waals surface area contributed by atoms with Gasteiger partial charge in [-0.05, 0) is 60.5 Å². The van der Waals surface area contributed by atoms with Gasteiger partial charge in [0.2, 0.25) is 5.91 Å². The van der Waals surface area contributed by atoms with Gasteiger partial charge in [0.05, 0.1) is 24.5 Å². The van der Waals surface area contributed by atoms with Crippen molar-refractivity contribution in [3.8, 4) is 5.75 Å². The molecule has 3 atom stereocenters. The molecule has 0 bridgehead atoms. The average Bonchev–Trinajstić information content (AvgIpc) is 3.35.